The normalized spacial score (nSPS) is 14.3. The summed E-state index contributed by atoms with van der Waals surface area (Å²) in [6.07, 6.45) is 1.78. The molecule has 1 aliphatic rings. The third-order valence-electron chi connectivity index (χ3n) is 4.83. The summed E-state index contributed by atoms with van der Waals surface area (Å²) in [4.78, 5) is 13.0. The first kappa shape index (κ1) is 19.5. The maximum absolute atomic E-state index is 13.2. The fourth-order valence-electron chi connectivity index (χ4n) is 3.11. The molecule has 29 heavy (non-hydrogen) atoms. The Morgan fingerprint density at radius 3 is 2.38 bits per heavy atom. The lowest BCUT2D eigenvalue weighted by atomic mass is 10.2. The summed E-state index contributed by atoms with van der Waals surface area (Å²) >= 11 is 0. The van der Waals surface area contributed by atoms with Crippen LogP contribution >= 0.6 is 0 Å². The quantitative estimate of drug-likeness (QED) is 0.641. The van der Waals surface area contributed by atoms with Crippen LogP contribution in [0.3, 0.4) is 0 Å². The minimum absolute atomic E-state index is 0.0284. The van der Waals surface area contributed by atoms with Crippen LogP contribution in [-0.4, -0.2) is 29.3 Å². The Kier molecular flexibility index (Phi) is 5.10. The van der Waals surface area contributed by atoms with Crippen molar-refractivity contribution in [2.75, 3.05) is 6.54 Å². The van der Waals surface area contributed by atoms with Crippen LogP contribution in [-0.2, 0) is 16.6 Å². The lowest BCUT2D eigenvalue weighted by molar-refractivity contribution is 0.547. The molecule has 7 nitrogen and oxygen atoms in total. The molecule has 4 rings (SSSR count). The Labute approximate surface area is 167 Å². The van der Waals surface area contributed by atoms with E-state index in [1.807, 2.05) is 6.92 Å². The number of benzene rings is 2. The number of rotatable bonds is 7. The van der Waals surface area contributed by atoms with Gasteiger partial charge in [0.25, 0.3) is 0 Å². The van der Waals surface area contributed by atoms with E-state index in [0.29, 0.717) is 11.4 Å². The zero-order valence-corrected chi connectivity index (χ0v) is 16.7. The first-order chi connectivity index (χ1) is 13.8. The molecular formula is C20H21FN4O3S. The van der Waals surface area contributed by atoms with Gasteiger partial charge in [-0.2, -0.15) is 0 Å². The zero-order valence-electron chi connectivity index (χ0n) is 15.9. The van der Waals surface area contributed by atoms with Gasteiger partial charge in [-0.25, -0.2) is 27.0 Å². The van der Waals surface area contributed by atoms with Gasteiger partial charge in [-0.3, -0.25) is 4.57 Å². The van der Waals surface area contributed by atoms with Crippen LogP contribution in [0.25, 0.3) is 11.4 Å². The Morgan fingerprint density at radius 2 is 1.76 bits per heavy atom. The minimum atomic E-state index is -3.67. The van der Waals surface area contributed by atoms with Crippen molar-refractivity contribution >= 4 is 10.0 Å². The molecule has 0 unspecified atom stereocenters. The molecule has 0 aliphatic heterocycles. The fourth-order valence-corrected chi connectivity index (χ4v) is 4.13. The molecule has 1 aliphatic carbocycles. The van der Waals surface area contributed by atoms with Gasteiger partial charge in [0.05, 0.1) is 11.4 Å². The summed E-state index contributed by atoms with van der Waals surface area (Å²) < 4.78 is 43.4. The van der Waals surface area contributed by atoms with E-state index in [0.717, 1.165) is 18.4 Å². The third kappa shape index (κ3) is 4.15. The summed E-state index contributed by atoms with van der Waals surface area (Å²) in [6, 6.07) is 12.4. The Morgan fingerprint density at radius 1 is 1.10 bits per heavy atom. The lowest BCUT2D eigenvalue weighted by Gasteiger charge is -2.06. The number of hydrogen-bond donors (Lipinski definition) is 1. The predicted molar refractivity (Wildman–Crippen MR) is 107 cm³/mol. The number of hydrogen-bond acceptors (Lipinski definition) is 4. The average molecular weight is 416 g/mol. The van der Waals surface area contributed by atoms with Gasteiger partial charge >= 0.3 is 5.69 Å². The van der Waals surface area contributed by atoms with Crippen molar-refractivity contribution in [2.45, 2.75) is 37.2 Å². The van der Waals surface area contributed by atoms with Gasteiger partial charge in [-0.15, -0.1) is 5.10 Å². The van der Waals surface area contributed by atoms with Gasteiger partial charge < -0.3 is 0 Å². The second-order valence-corrected chi connectivity index (χ2v) is 8.92. The molecule has 1 fully saturated rings. The predicted octanol–water partition coefficient (Wildman–Crippen LogP) is 2.47. The second kappa shape index (κ2) is 7.57. The summed E-state index contributed by atoms with van der Waals surface area (Å²) in [7, 11) is -3.67. The monoisotopic (exact) mass is 416 g/mol. The van der Waals surface area contributed by atoms with Crippen molar-refractivity contribution in [1.82, 2.24) is 19.1 Å². The molecule has 3 aromatic rings. The van der Waals surface area contributed by atoms with E-state index in [-0.39, 0.29) is 35.5 Å². The van der Waals surface area contributed by atoms with Crippen molar-refractivity contribution in [2.24, 2.45) is 0 Å². The third-order valence-corrected chi connectivity index (χ3v) is 6.31. The maximum atomic E-state index is 13.2. The highest BCUT2D eigenvalue weighted by atomic mass is 32.2. The van der Waals surface area contributed by atoms with Crippen molar-refractivity contribution in [1.29, 1.82) is 0 Å². The summed E-state index contributed by atoms with van der Waals surface area (Å²) in [6.45, 7) is 2.00. The zero-order chi connectivity index (χ0) is 20.6. The molecule has 2 aromatic carbocycles. The van der Waals surface area contributed by atoms with Crippen LogP contribution in [0.15, 0.2) is 58.2 Å². The van der Waals surface area contributed by atoms with Gasteiger partial charge in [0, 0.05) is 18.2 Å². The number of aromatic nitrogens is 3. The van der Waals surface area contributed by atoms with Gasteiger partial charge in [-0.05, 0) is 56.2 Å². The van der Waals surface area contributed by atoms with Crippen molar-refractivity contribution in [3.8, 4) is 11.4 Å². The van der Waals surface area contributed by atoms with Crippen LogP contribution in [0.2, 0.25) is 0 Å². The van der Waals surface area contributed by atoms with E-state index in [1.165, 1.54) is 28.9 Å². The van der Waals surface area contributed by atoms with Crippen LogP contribution in [0.4, 0.5) is 4.39 Å². The van der Waals surface area contributed by atoms with Gasteiger partial charge in [-0.1, -0.05) is 17.7 Å². The van der Waals surface area contributed by atoms with Crippen LogP contribution in [0.1, 0.15) is 24.4 Å². The Balaban J connectivity index is 1.53. The van der Waals surface area contributed by atoms with Gasteiger partial charge in [0.2, 0.25) is 10.0 Å². The molecule has 0 amide bonds. The van der Waals surface area contributed by atoms with Crippen molar-refractivity contribution in [3.05, 3.63) is 70.4 Å². The average Bonchev–Trinajstić information content (AvgIpc) is 3.47. The molecular weight excluding hydrogens is 395 g/mol. The highest BCUT2D eigenvalue weighted by molar-refractivity contribution is 7.89. The number of nitrogens with one attached hydrogen (secondary N) is 1. The number of aryl methyl sites for hydroxylation is 1. The molecule has 1 saturated carbocycles. The van der Waals surface area contributed by atoms with E-state index >= 15 is 0 Å². The molecule has 0 atom stereocenters. The summed E-state index contributed by atoms with van der Waals surface area (Å²) in [5.74, 6) is 0.109. The highest BCUT2D eigenvalue weighted by Crippen LogP contribution is 2.36. The SMILES string of the molecule is Cc1ccc(S(=O)(=O)NCCn2nc(-c3ccc(F)cc3)n(C3CC3)c2=O)cc1. The molecule has 0 bridgehead atoms. The summed E-state index contributed by atoms with van der Waals surface area (Å²) in [5.41, 5.74) is 1.32. The number of nitrogens with zero attached hydrogens (tertiary/aromatic N) is 3. The van der Waals surface area contributed by atoms with Gasteiger partial charge in [0.15, 0.2) is 5.82 Å². The van der Waals surface area contributed by atoms with E-state index in [9.17, 15) is 17.6 Å². The van der Waals surface area contributed by atoms with E-state index in [2.05, 4.69) is 9.82 Å². The Bertz CT molecular complexity index is 1180. The van der Waals surface area contributed by atoms with E-state index in [1.54, 1.807) is 28.8 Å². The van der Waals surface area contributed by atoms with E-state index in [4.69, 9.17) is 0 Å². The lowest BCUT2D eigenvalue weighted by Crippen LogP contribution is -2.32. The van der Waals surface area contributed by atoms with Crippen LogP contribution in [0.5, 0.6) is 0 Å². The topological polar surface area (TPSA) is 86.0 Å². The standard InChI is InChI=1S/C20H21FN4O3S/c1-14-2-10-18(11-3-14)29(27,28)22-12-13-24-20(26)25(17-8-9-17)19(23-24)15-4-6-16(21)7-5-15/h2-7,10-11,17,22H,8-9,12-13H2,1H3. The van der Waals surface area contributed by atoms with Gasteiger partial charge in [0.1, 0.15) is 5.82 Å². The molecule has 9 heteroatoms. The molecule has 1 heterocycles. The first-order valence-corrected chi connectivity index (χ1v) is 10.8. The summed E-state index contributed by atoms with van der Waals surface area (Å²) in [5, 5.41) is 4.38. The first-order valence-electron chi connectivity index (χ1n) is 9.37. The van der Waals surface area contributed by atoms with Crippen molar-refractivity contribution in [3.63, 3.8) is 0 Å². The molecule has 0 radical (unpaired) electrons. The number of sulfonamides is 1. The van der Waals surface area contributed by atoms with Crippen LogP contribution < -0.4 is 10.4 Å². The fraction of sp³-hybridized carbons (Fsp3) is 0.300. The maximum Gasteiger partial charge on any atom is 0.346 e. The smallest absolute Gasteiger partial charge is 0.272 e. The molecule has 0 saturated heterocycles. The van der Waals surface area contributed by atoms with Crippen LogP contribution in [0, 0.1) is 12.7 Å². The second-order valence-electron chi connectivity index (χ2n) is 7.15. The highest BCUT2D eigenvalue weighted by Gasteiger charge is 2.30. The largest absolute Gasteiger partial charge is 0.346 e. The molecule has 1 aromatic heterocycles. The molecule has 0 spiro atoms. The van der Waals surface area contributed by atoms with Crippen molar-refractivity contribution < 1.29 is 12.8 Å². The molecule has 152 valence electrons. The Hall–Kier alpha value is -2.78. The number of halogens is 1. The molecule has 1 N–H and O–H groups in total. The van der Waals surface area contributed by atoms with E-state index < -0.39 is 10.0 Å². The minimum Gasteiger partial charge on any atom is -0.272 e.